The molecule has 4 nitrogen and oxygen atoms in total. The van der Waals surface area contributed by atoms with Gasteiger partial charge in [-0.15, -0.1) is 6.42 Å². The van der Waals surface area contributed by atoms with Gasteiger partial charge in [-0.25, -0.2) is 9.97 Å². The topological polar surface area (TPSA) is 53.6 Å². The zero-order valence-corrected chi connectivity index (χ0v) is 14.4. The number of aromatic nitrogens is 3. The van der Waals surface area contributed by atoms with Crippen LogP contribution in [0, 0.1) is 12.3 Å². The summed E-state index contributed by atoms with van der Waals surface area (Å²) in [5.74, 6) is 2.54. The van der Waals surface area contributed by atoms with Crippen LogP contribution >= 0.6 is 0 Å². The Morgan fingerprint density at radius 1 is 1.12 bits per heavy atom. The largest absolute Gasteiger partial charge is 0.379 e. The first-order chi connectivity index (χ1) is 12.7. The number of terminal acetylenes is 1. The number of benzene rings is 2. The summed E-state index contributed by atoms with van der Waals surface area (Å²) in [6.45, 7) is 2.15. The number of H-pyrrole nitrogens is 1. The van der Waals surface area contributed by atoms with Crippen LogP contribution in [-0.4, -0.2) is 15.0 Å². The first-order valence-electron chi connectivity index (χ1n) is 8.47. The lowest BCUT2D eigenvalue weighted by atomic mass is 10.1. The summed E-state index contributed by atoms with van der Waals surface area (Å²) in [6, 6.07) is 18.9. The number of nitrogens with one attached hydrogen (secondary N) is 2. The van der Waals surface area contributed by atoms with Crippen molar-refractivity contribution in [1.29, 1.82) is 0 Å². The van der Waals surface area contributed by atoms with Gasteiger partial charge in [-0.3, -0.25) is 0 Å². The molecule has 2 N–H and O–H groups in total. The fraction of sp³-hybridized carbons (Fsp3) is 0.0909. The van der Waals surface area contributed by atoms with E-state index < -0.39 is 0 Å². The maximum Gasteiger partial charge on any atom is 0.156 e. The lowest BCUT2D eigenvalue weighted by Gasteiger charge is -2.16. The molecule has 26 heavy (non-hydrogen) atoms. The van der Waals surface area contributed by atoms with Crippen LogP contribution in [0.3, 0.4) is 0 Å². The van der Waals surface area contributed by atoms with Crippen molar-refractivity contribution in [3.63, 3.8) is 0 Å². The maximum atomic E-state index is 5.46. The summed E-state index contributed by atoms with van der Waals surface area (Å²) >= 11 is 0. The van der Waals surface area contributed by atoms with Crippen LogP contribution < -0.4 is 5.32 Å². The van der Waals surface area contributed by atoms with E-state index in [0.717, 1.165) is 28.0 Å². The standard InChI is InChI=1S/C22H18N4/c1-3-18-13-23-22-21(26-18)20(14-24-22)17-10-7-11-19(12-17)25-15(2)16-8-5-4-6-9-16/h1,4-15,25H,2H3,(H,23,24)/t15-/m0/s1. The van der Waals surface area contributed by atoms with Gasteiger partial charge in [-0.1, -0.05) is 42.5 Å². The van der Waals surface area contributed by atoms with Gasteiger partial charge in [-0.05, 0) is 36.1 Å². The fourth-order valence-electron chi connectivity index (χ4n) is 3.03. The Labute approximate surface area is 152 Å². The van der Waals surface area contributed by atoms with Crippen molar-refractivity contribution in [2.24, 2.45) is 0 Å². The maximum absolute atomic E-state index is 5.46. The average molecular weight is 338 g/mol. The van der Waals surface area contributed by atoms with Crippen molar-refractivity contribution in [2.75, 3.05) is 5.32 Å². The minimum Gasteiger partial charge on any atom is -0.379 e. The van der Waals surface area contributed by atoms with E-state index in [1.165, 1.54) is 5.56 Å². The predicted octanol–water partition coefficient (Wildman–Crippen LogP) is 4.78. The molecule has 2 aromatic heterocycles. The van der Waals surface area contributed by atoms with Gasteiger partial charge >= 0.3 is 0 Å². The Morgan fingerprint density at radius 2 is 1.96 bits per heavy atom. The van der Waals surface area contributed by atoms with E-state index in [1.807, 2.05) is 18.3 Å². The fourth-order valence-corrected chi connectivity index (χ4v) is 3.03. The first-order valence-corrected chi connectivity index (χ1v) is 8.47. The number of aromatic amines is 1. The van der Waals surface area contributed by atoms with Crippen molar-refractivity contribution < 1.29 is 0 Å². The first kappa shape index (κ1) is 15.9. The van der Waals surface area contributed by atoms with Crippen molar-refractivity contribution in [2.45, 2.75) is 13.0 Å². The van der Waals surface area contributed by atoms with Gasteiger partial charge in [0.05, 0.1) is 6.20 Å². The van der Waals surface area contributed by atoms with Crippen molar-refractivity contribution in [3.05, 3.63) is 78.2 Å². The monoisotopic (exact) mass is 338 g/mol. The van der Waals surface area contributed by atoms with Crippen LogP contribution in [-0.2, 0) is 0 Å². The Hall–Kier alpha value is -3.58. The molecular formula is C22H18N4. The normalized spacial score (nSPS) is 11.8. The number of nitrogens with zero attached hydrogens (tertiary/aromatic N) is 2. The van der Waals surface area contributed by atoms with Gasteiger partial charge in [0.1, 0.15) is 11.2 Å². The highest BCUT2D eigenvalue weighted by Crippen LogP contribution is 2.29. The number of hydrogen-bond acceptors (Lipinski definition) is 3. The summed E-state index contributed by atoms with van der Waals surface area (Å²) in [5.41, 5.74) is 6.39. The van der Waals surface area contributed by atoms with Crippen LogP contribution in [0.5, 0.6) is 0 Å². The average Bonchev–Trinajstić information content (AvgIpc) is 3.12. The molecule has 2 aromatic carbocycles. The highest BCUT2D eigenvalue weighted by Gasteiger charge is 2.11. The van der Waals surface area contributed by atoms with Gasteiger partial charge < -0.3 is 10.3 Å². The summed E-state index contributed by atoms with van der Waals surface area (Å²) in [4.78, 5) is 12.0. The third-order valence-corrected chi connectivity index (χ3v) is 4.39. The lowest BCUT2D eigenvalue weighted by molar-refractivity contribution is 0.885. The summed E-state index contributed by atoms with van der Waals surface area (Å²) in [6.07, 6.45) is 8.98. The van der Waals surface area contributed by atoms with E-state index in [9.17, 15) is 0 Å². The number of anilines is 1. The predicted molar refractivity (Wildman–Crippen MR) is 106 cm³/mol. The number of rotatable bonds is 4. The summed E-state index contributed by atoms with van der Waals surface area (Å²) in [5, 5.41) is 3.55. The van der Waals surface area contributed by atoms with E-state index in [2.05, 4.69) is 75.6 Å². The van der Waals surface area contributed by atoms with Gasteiger partial charge in [0.15, 0.2) is 5.65 Å². The highest BCUT2D eigenvalue weighted by molar-refractivity contribution is 5.91. The minimum atomic E-state index is 0.210. The molecular weight excluding hydrogens is 320 g/mol. The molecule has 0 saturated carbocycles. The van der Waals surface area contributed by atoms with E-state index in [-0.39, 0.29) is 6.04 Å². The Kier molecular flexibility index (Phi) is 4.12. The molecule has 0 aliphatic carbocycles. The molecule has 4 heteroatoms. The van der Waals surface area contributed by atoms with Gasteiger partial charge in [-0.2, -0.15) is 0 Å². The summed E-state index contributed by atoms with van der Waals surface area (Å²) < 4.78 is 0. The van der Waals surface area contributed by atoms with Crippen molar-refractivity contribution >= 4 is 16.9 Å². The van der Waals surface area contributed by atoms with Gasteiger partial charge in [0.2, 0.25) is 0 Å². The third kappa shape index (κ3) is 3.03. The minimum absolute atomic E-state index is 0.210. The van der Waals surface area contributed by atoms with Gasteiger partial charge in [0.25, 0.3) is 0 Å². The molecule has 1 atom stereocenters. The Bertz CT molecular complexity index is 1090. The Balaban J connectivity index is 1.67. The quantitative estimate of drug-likeness (QED) is 0.527. The molecule has 0 aliphatic heterocycles. The molecule has 2 heterocycles. The second-order valence-electron chi connectivity index (χ2n) is 6.16. The molecule has 4 rings (SSSR count). The van der Waals surface area contributed by atoms with E-state index in [4.69, 9.17) is 6.42 Å². The van der Waals surface area contributed by atoms with Crippen LogP contribution in [0.1, 0.15) is 24.2 Å². The molecule has 0 aliphatic rings. The second kappa shape index (κ2) is 6.73. The van der Waals surface area contributed by atoms with Gasteiger partial charge in [0, 0.05) is 23.5 Å². The zero-order chi connectivity index (χ0) is 17.9. The Morgan fingerprint density at radius 3 is 2.77 bits per heavy atom. The molecule has 0 spiro atoms. The molecule has 0 radical (unpaired) electrons. The van der Waals surface area contributed by atoms with Crippen LogP contribution in [0.2, 0.25) is 0 Å². The van der Waals surface area contributed by atoms with Crippen molar-refractivity contribution in [1.82, 2.24) is 15.0 Å². The van der Waals surface area contributed by atoms with Crippen LogP contribution in [0.15, 0.2) is 67.0 Å². The number of fused-ring (bicyclic) bond motifs is 1. The molecule has 0 amide bonds. The third-order valence-electron chi connectivity index (χ3n) is 4.39. The SMILES string of the molecule is C#Cc1cnc2[nH]cc(-c3cccc(N[C@@H](C)c4ccccc4)c3)c2n1. The smallest absolute Gasteiger partial charge is 0.156 e. The molecule has 126 valence electrons. The van der Waals surface area contributed by atoms with Crippen LogP contribution in [0.4, 0.5) is 5.69 Å². The lowest BCUT2D eigenvalue weighted by Crippen LogP contribution is -2.06. The van der Waals surface area contributed by atoms with E-state index in [1.54, 1.807) is 6.20 Å². The van der Waals surface area contributed by atoms with Crippen molar-refractivity contribution in [3.8, 4) is 23.5 Å². The van der Waals surface area contributed by atoms with E-state index >= 15 is 0 Å². The second-order valence-corrected chi connectivity index (χ2v) is 6.16. The highest BCUT2D eigenvalue weighted by atomic mass is 14.9. The van der Waals surface area contributed by atoms with Crippen LogP contribution in [0.25, 0.3) is 22.3 Å². The molecule has 0 saturated heterocycles. The molecule has 0 unspecified atom stereocenters. The summed E-state index contributed by atoms with van der Waals surface area (Å²) in [7, 11) is 0. The molecule has 0 fully saturated rings. The molecule has 0 bridgehead atoms. The zero-order valence-electron chi connectivity index (χ0n) is 14.4. The molecule has 4 aromatic rings. The van der Waals surface area contributed by atoms with E-state index in [0.29, 0.717) is 5.69 Å². The number of hydrogen-bond donors (Lipinski definition) is 2.